The Balaban J connectivity index is 3.42. The van der Waals surface area contributed by atoms with Crippen LogP contribution in [0.2, 0.25) is 0 Å². The molecule has 0 N–H and O–H groups in total. The summed E-state index contributed by atoms with van der Waals surface area (Å²) in [6.45, 7) is 0.209. The number of rotatable bonds is 11. The van der Waals surface area contributed by atoms with Crippen molar-refractivity contribution in [2.24, 2.45) is 10.2 Å². The van der Waals surface area contributed by atoms with Crippen molar-refractivity contribution >= 4 is 12.3 Å². The number of azide groups is 2. The third-order valence-corrected chi connectivity index (χ3v) is 1.89. The SMILES string of the molecule is [N-]=[N+]=NCCCOC(=O)OCCOC(=O)OCCCN=[N+]=[N-]. The summed E-state index contributed by atoms with van der Waals surface area (Å²) in [6.07, 6.45) is -1.05. The van der Waals surface area contributed by atoms with Crippen LogP contribution in [0.5, 0.6) is 0 Å². The van der Waals surface area contributed by atoms with Crippen molar-refractivity contribution in [3.8, 4) is 0 Å². The van der Waals surface area contributed by atoms with Crippen LogP contribution in [0.15, 0.2) is 10.2 Å². The molecule has 0 spiro atoms. The van der Waals surface area contributed by atoms with Crippen LogP contribution in [-0.4, -0.2) is 51.8 Å². The third kappa shape index (κ3) is 13.6. The van der Waals surface area contributed by atoms with E-state index in [1.165, 1.54) is 0 Å². The van der Waals surface area contributed by atoms with Gasteiger partial charge in [0.25, 0.3) is 0 Å². The maximum absolute atomic E-state index is 11.0. The summed E-state index contributed by atoms with van der Waals surface area (Å²) in [5.41, 5.74) is 16.0. The smallest absolute Gasteiger partial charge is 0.434 e. The van der Waals surface area contributed by atoms with E-state index >= 15 is 0 Å². The van der Waals surface area contributed by atoms with E-state index in [0.29, 0.717) is 12.8 Å². The summed E-state index contributed by atoms with van der Waals surface area (Å²) in [7, 11) is 0. The molecule has 0 saturated carbocycles. The second-order valence-electron chi connectivity index (χ2n) is 3.51. The van der Waals surface area contributed by atoms with Gasteiger partial charge in [0.2, 0.25) is 0 Å². The van der Waals surface area contributed by atoms with Crippen molar-refractivity contribution < 1.29 is 28.5 Å². The van der Waals surface area contributed by atoms with Gasteiger partial charge in [-0.3, -0.25) is 0 Å². The van der Waals surface area contributed by atoms with E-state index in [-0.39, 0.29) is 39.5 Å². The zero-order valence-electron chi connectivity index (χ0n) is 11.8. The molecule has 0 rings (SSSR count). The second-order valence-corrected chi connectivity index (χ2v) is 3.51. The monoisotopic (exact) mass is 316 g/mol. The van der Waals surface area contributed by atoms with Crippen LogP contribution in [-0.2, 0) is 18.9 Å². The van der Waals surface area contributed by atoms with Gasteiger partial charge in [0.15, 0.2) is 0 Å². The van der Waals surface area contributed by atoms with Crippen molar-refractivity contribution in [2.45, 2.75) is 12.8 Å². The predicted molar refractivity (Wildman–Crippen MR) is 71.9 cm³/mol. The molecule has 0 fully saturated rings. The standard InChI is InChI=1S/C10H16N6O6/c11-15-13-3-1-5-19-9(17)21-7-8-22-10(18)20-6-2-4-14-16-12/h1-8H2. The molecular formula is C10H16N6O6. The van der Waals surface area contributed by atoms with Gasteiger partial charge in [-0.25, -0.2) is 9.59 Å². The predicted octanol–water partition coefficient (Wildman–Crippen LogP) is 2.69. The highest BCUT2D eigenvalue weighted by molar-refractivity contribution is 5.60. The highest BCUT2D eigenvalue weighted by Gasteiger charge is 2.06. The molecule has 0 aromatic carbocycles. The van der Waals surface area contributed by atoms with Crippen LogP contribution in [0.1, 0.15) is 12.8 Å². The zero-order chi connectivity index (χ0) is 16.5. The fourth-order valence-corrected chi connectivity index (χ4v) is 1.00. The lowest BCUT2D eigenvalue weighted by Crippen LogP contribution is -2.16. The van der Waals surface area contributed by atoms with E-state index in [0.717, 1.165) is 0 Å². The Kier molecular flexibility index (Phi) is 12.7. The lowest BCUT2D eigenvalue weighted by Gasteiger charge is -2.07. The molecule has 0 aromatic heterocycles. The van der Waals surface area contributed by atoms with E-state index in [2.05, 4.69) is 39.0 Å². The Morgan fingerprint density at radius 2 is 1.09 bits per heavy atom. The van der Waals surface area contributed by atoms with Crippen molar-refractivity contribution in [1.29, 1.82) is 0 Å². The minimum Gasteiger partial charge on any atom is -0.434 e. The second kappa shape index (κ2) is 14.6. The van der Waals surface area contributed by atoms with E-state index in [4.69, 9.17) is 11.1 Å². The molecule has 0 aliphatic heterocycles. The molecule has 0 atom stereocenters. The molecule has 0 bridgehead atoms. The number of hydrogen-bond donors (Lipinski definition) is 0. The van der Waals surface area contributed by atoms with E-state index in [9.17, 15) is 9.59 Å². The Morgan fingerprint density at radius 1 is 0.727 bits per heavy atom. The van der Waals surface area contributed by atoms with Crippen molar-refractivity contribution in [1.82, 2.24) is 0 Å². The van der Waals surface area contributed by atoms with Crippen LogP contribution < -0.4 is 0 Å². The number of hydrogen-bond acceptors (Lipinski definition) is 8. The van der Waals surface area contributed by atoms with Gasteiger partial charge in [-0.2, -0.15) is 0 Å². The quantitative estimate of drug-likeness (QED) is 0.186. The molecule has 122 valence electrons. The Hall–Kier alpha value is -2.84. The minimum absolute atomic E-state index is 0.0614. The maximum Gasteiger partial charge on any atom is 0.508 e. The molecule has 0 heterocycles. The number of nitrogens with zero attached hydrogens (tertiary/aromatic N) is 6. The summed E-state index contributed by atoms with van der Waals surface area (Å²) in [5.74, 6) is 0. The number of carbonyl (C=O) groups is 2. The zero-order valence-corrected chi connectivity index (χ0v) is 11.8. The summed E-state index contributed by atoms with van der Waals surface area (Å²) in [6, 6.07) is 0. The van der Waals surface area contributed by atoms with Crippen molar-refractivity contribution in [2.75, 3.05) is 39.5 Å². The van der Waals surface area contributed by atoms with Gasteiger partial charge in [-0.1, -0.05) is 10.2 Å². The molecule has 0 aromatic rings. The summed E-state index contributed by atoms with van der Waals surface area (Å²) >= 11 is 0. The molecule has 0 amide bonds. The lowest BCUT2D eigenvalue weighted by atomic mass is 10.5. The molecule has 0 aliphatic carbocycles. The van der Waals surface area contributed by atoms with Crippen LogP contribution in [0, 0.1) is 0 Å². The van der Waals surface area contributed by atoms with Gasteiger partial charge in [0, 0.05) is 22.9 Å². The summed E-state index contributed by atoms with van der Waals surface area (Å²) in [5, 5.41) is 6.52. The Bertz CT molecular complexity index is 392. The summed E-state index contributed by atoms with van der Waals surface area (Å²) < 4.78 is 18.5. The first-order valence-corrected chi connectivity index (χ1v) is 6.31. The molecular weight excluding hydrogens is 300 g/mol. The lowest BCUT2D eigenvalue weighted by molar-refractivity contribution is 0.0181. The normalized spacial score (nSPS) is 8.91. The third-order valence-electron chi connectivity index (χ3n) is 1.89. The van der Waals surface area contributed by atoms with E-state index in [1.54, 1.807) is 0 Å². The van der Waals surface area contributed by atoms with Gasteiger partial charge >= 0.3 is 12.3 Å². The van der Waals surface area contributed by atoms with E-state index < -0.39 is 12.3 Å². The first kappa shape index (κ1) is 19.2. The van der Waals surface area contributed by atoms with Crippen molar-refractivity contribution in [3.05, 3.63) is 20.9 Å². The van der Waals surface area contributed by atoms with Crippen LogP contribution in [0.25, 0.3) is 20.9 Å². The Labute approximate surface area is 125 Å². The molecule has 12 nitrogen and oxygen atoms in total. The average molecular weight is 316 g/mol. The van der Waals surface area contributed by atoms with Crippen molar-refractivity contribution in [3.63, 3.8) is 0 Å². The van der Waals surface area contributed by atoms with Gasteiger partial charge in [-0.15, -0.1) is 0 Å². The van der Waals surface area contributed by atoms with Gasteiger partial charge in [-0.05, 0) is 23.9 Å². The molecule has 12 heteroatoms. The van der Waals surface area contributed by atoms with Crippen LogP contribution in [0.3, 0.4) is 0 Å². The average Bonchev–Trinajstić information content (AvgIpc) is 2.51. The number of carbonyl (C=O) groups excluding carboxylic acids is 2. The molecule has 0 aliphatic rings. The molecule has 0 radical (unpaired) electrons. The fraction of sp³-hybridized carbons (Fsp3) is 0.800. The minimum atomic E-state index is -0.910. The van der Waals surface area contributed by atoms with E-state index in [1.807, 2.05) is 0 Å². The van der Waals surface area contributed by atoms with Gasteiger partial charge in [0.1, 0.15) is 13.2 Å². The molecule has 0 saturated heterocycles. The van der Waals surface area contributed by atoms with Gasteiger partial charge < -0.3 is 18.9 Å². The maximum atomic E-state index is 11.0. The molecule has 0 unspecified atom stereocenters. The van der Waals surface area contributed by atoms with Crippen LogP contribution >= 0.6 is 0 Å². The van der Waals surface area contributed by atoms with Gasteiger partial charge in [0.05, 0.1) is 13.2 Å². The Morgan fingerprint density at radius 3 is 1.45 bits per heavy atom. The molecule has 22 heavy (non-hydrogen) atoms. The first-order chi connectivity index (χ1) is 10.7. The topological polar surface area (TPSA) is 169 Å². The highest BCUT2D eigenvalue weighted by atomic mass is 16.7. The number of ether oxygens (including phenoxy) is 4. The summed E-state index contributed by atoms with van der Waals surface area (Å²) in [4.78, 5) is 27.1. The highest BCUT2D eigenvalue weighted by Crippen LogP contribution is 1.92. The fourth-order valence-electron chi connectivity index (χ4n) is 1.00. The first-order valence-electron chi connectivity index (χ1n) is 6.31. The largest absolute Gasteiger partial charge is 0.508 e. The van der Waals surface area contributed by atoms with Crippen LogP contribution in [0.4, 0.5) is 9.59 Å².